The second-order valence-electron chi connectivity index (χ2n) is 6.29. The maximum absolute atomic E-state index is 12.1. The zero-order valence-corrected chi connectivity index (χ0v) is 11.0. The molecule has 3 atom stereocenters. The van der Waals surface area contributed by atoms with E-state index in [0.717, 1.165) is 18.9 Å². The molecule has 2 fully saturated rings. The highest BCUT2D eigenvalue weighted by molar-refractivity contribution is 5.69. The highest BCUT2D eigenvalue weighted by Gasteiger charge is 2.47. The molecule has 1 aliphatic heterocycles. The van der Waals surface area contributed by atoms with Crippen LogP contribution in [0.25, 0.3) is 0 Å². The topological polar surface area (TPSA) is 49.8 Å². The fourth-order valence-electron chi connectivity index (χ4n) is 2.67. The number of nitrogens with zero attached hydrogens (tertiary/aromatic N) is 1. The summed E-state index contributed by atoms with van der Waals surface area (Å²) in [6.07, 6.45) is 2.72. The standard InChI is InChI=1S/C13H23NO3/c1-13(2,3)17-12(16)14-8-10-6-9(10)7-11(14)4-5-15/h9-11,15H,4-8H2,1-3H3. The van der Waals surface area contributed by atoms with Gasteiger partial charge in [0.2, 0.25) is 0 Å². The maximum atomic E-state index is 12.1. The molecule has 3 unspecified atom stereocenters. The molecule has 98 valence electrons. The van der Waals surface area contributed by atoms with Crippen molar-refractivity contribution in [1.82, 2.24) is 4.90 Å². The molecule has 1 saturated carbocycles. The zero-order valence-electron chi connectivity index (χ0n) is 11.0. The van der Waals surface area contributed by atoms with Crippen molar-refractivity contribution in [2.75, 3.05) is 13.2 Å². The van der Waals surface area contributed by atoms with Gasteiger partial charge in [0.15, 0.2) is 0 Å². The van der Waals surface area contributed by atoms with E-state index in [4.69, 9.17) is 9.84 Å². The number of aliphatic hydroxyl groups excluding tert-OH is 1. The Balaban J connectivity index is 1.98. The van der Waals surface area contributed by atoms with Crippen molar-refractivity contribution >= 4 is 6.09 Å². The SMILES string of the molecule is CC(C)(C)OC(=O)N1CC2CC2CC1CCO. The minimum atomic E-state index is -0.443. The van der Waals surface area contributed by atoms with Gasteiger partial charge in [-0.3, -0.25) is 0 Å². The molecule has 0 aromatic heterocycles. The Hall–Kier alpha value is -0.770. The van der Waals surface area contributed by atoms with Gasteiger partial charge in [-0.25, -0.2) is 4.79 Å². The number of rotatable bonds is 2. The lowest BCUT2D eigenvalue weighted by molar-refractivity contribution is 0.00580. The number of aliphatic hydroxyl groups is 1. The first-order valence-electron chi connectivity index (χ1n) is 6.51. The van der Waals surface area contributed by atoms with Crippen molar-refractivity contribution in [3.05, 3.63) is 0 Å². The zero-order chi connectivity index (χ0) is 12.6. The molecular weight excluding hydrogens is 218 g/mol. The molecule has 1 heterocycles. The number of carbonyl (C=O) groups excluding carboxylic acids is 1. The highest BCUT2D eigenvalue weighted by Crippen LogP contribution is 2.47. The average Bonchev–Trinajstić information content (AvgIpc) is 2.92. The van der Waals surface area contributed by atoms with Crippen molar-refractivity contribution in [3.8, 4) is 0 Å². The molecule has 2 rings (SSSR count). The summed E-state index contributed by atoms with van der Waals surface area (Å²) in [6, 6.07) is 0.165. The van der Waals surface area contributed by atoms with Crippen LogP contribution < -0.4 is 0 Å². The van der Waals surface area contributed by atoms with Crippen molar-refractivity contribution in [3.63, 3.8) is 0 Å². The van der Waals surface area contributed by atoms with Crippen LogP contribution in [0.5, 0.6) is 0 Å². The van der Waals surface area contributed by atoms with Crippen LogP contribution in [-0.4, -0.2) is 40.9 Å². The fourth-order valence-corrected chi connectivity index (χ4v) is 2.67. The predicted octanol–water partition coefficient (Wildman–Crippen LogP) is 2.01. The molecule has 1 N–H and O–H groups in total. The van der Waals surface area contributed by atoms with Gasteiger partial charge in [0, 0.05) is 19.2 Å². The number of amides is 1. The van der Waals surface area contributed by atoms with Gasteiger partial charge in [-0.05, 0) is 51.9 Å². The predicted molar refractivity (Wildman–Crippen MR) is 64.6 cm³/mol. The van der Waals surface area contributed by atoms with Gasteiger partial charge >= 0.3 is 6.09 Å². The summed E-state index contributed by atoms with van der Waals surface area (Å²) in [5.41, 5.74) is -0.443. The number of fused-ring (bicyclic) bond motifs is 1. The largest absolute Gasteiger partial charge is 0.444 e. The van der Waals surface area contributed by atoms with Gasteiger partial charge in [-0.2, -0.15) is 0 Å². The molecule has 4 nitrogen and oxygen atoms in total. The number of likely N-dealkylation sites (tertiary alicyclic amines) is 1. The number of hydrogen-bond acceptors (Lipinski definition) is 3. The number of hydrogen-bond donors (Lipinski definition) is 1. The first-order chi connectivity index (χ1) is 7.90. The van der Waals surface area contributed by atoms with E-state index in [-0.39, 0.29) is 18.7 Å². The summed E-state index contributed by atoms with van der Waals surface area (Å²) in [5.74, 6) is 1.46. The quantitative estimate of drug-likeness (QED) is 0.804. The fraction of sp³-hybridized carbons (Fsp3) is 0.923. The third kappa shape index (κ3) is 3.12. The first-order valence-corrected chi connectivity index (χ1v) is 6.51. The van der Waals surface area contributed by atoms with Gasteiger partial charge in [0.05, 0.1) is 0 Å². The van der Waals surface area contributed by atoms with Crippen LogP contribution in [0, 0.1) is 11.8 Å². The average molecular weight is 241 g/mol. The summed E-state index contributed by atoms with van der Waals surface area (Å²) < 4.78 is 5.43. The second-order valence-corrected chi connectivity index (χ2v) is 6.29. The van der Waals surface area contributed by atoms with Crippen LogP contribution in [0.1, 0.15) is 40.0 Å². The van der Waals surface area contributed by atoms with Crippen LogP contribution in [0.2, 0.25) is 0 Å². The van der Waals surface area contributed by atoms with Crippen molar-refractivity contribution < 1.29 is 14.6 Å². The molecule has 17 heavy (non-hydrogen) atoms. The van der Waals surface area contributed by atoms with Crippen LogP contribution >= 0.6 is 0 Å². The van der Waals surface area contributed by atoms with E-state index in [2.05, 4.69) is 0 Å². The molecule has 0 spiro atoms. The van der Waals surface area contributed by atoms with Crippen LogP contribution in [0.4, 0.5) is 4.79 Å². The molecule has 0 aromatic rings. The van der Waals surface area contributed by atoms with Gasteiger partial charge in [-0.1, -0.05) is 0 Å². The smallest absolute Gasteiger partial charge is 0.410 e. The lowest BCUT2D eigenvalue weighted by Crippen LogP contribution is -2.47. The normalized spacial score (nSPS) is 32.0. The third-order valence-corrected chi connectivity index (χ3v) is 3.61. The van der Waals surface area contributed by atoms with E-state index in [1.54, 1.807) is 0 Å². The first kappa shape index (κ1) is 12.7. The lowest BCUT2D eigenvalue weighted by atomic mass is 10.00. The molecule has 0 radical (unpaired) electrons. The molecule has 2 aliphatic rings. The van der Waals surface area contributed by atoms with Crippen LogP contribution in [-0.2, 0) is 4.74 Å². The molecule has 1 saturated heterocycles. The van der Waals surface area contributed by atoms with E-state index in [0.29, 0.717) is 12.3 Å². The molecule has 1 aliphatic carbocycles. The second kappa shape index (κ2) is 4.48. The number of carbonyl (C=O) groups is 1. The highest BCUT2D eigenvalue weighted by atomic mass is 16.6. The Morgan fingerprint density at radius 2 is 2.06 bits per heavy atom. The van der Waals surface area contributed by atoms with E-state index >= 15 is 0 Å². The van der Waals surface area contributed by atoms with Crippen molar-refractivity contribution in [2.45, 2.75) is 51.7 Å². The Bertz CT molecular complexity index is 298. The van der Waals surface area contributed by atoms with Crippen LogP contribution in [0.15, 0.2) is 0 Å². The van der Waals surface area contributed by atoms with Gasteiger partial charge in [0.1, 0.15) is 5.60 Å². The third-order valence-electron chi connectivity index (χ3n) is 3.61. The molecular formula is C13H23NO3. The number of piperidine rings is 1. The van der Waals surface area contributed by atoms with E-state index in [1.807, 2.05) is 25.7 Å². The molecule has 1 amide bonds. The summed E-state index contributed by atoms with van der Waals surface area (Å²) in [7, 11) is 0. The summed E-state index contributed by atoms with van der Waals surface area (Å²) in [5, 5.41) is 9.07. The lowest BCUT2D eigenvalue weighted by Gasteiger charge is -2.36. The minimum Gasteiger partial charge on any atom is -0.444 e. The summed E-state index contributed by atoms with van der Waals surface area (Å²) in [6.45, 7) is 6.60. The van der Waals surface area contributed by atoms with Crippen molar-refractivity contribution in [1.29, 1.82) is 0 Å². The Kier molecular flexibility index (Phi) is 3.34. The minimum absolute atomic E-state index is 0.140. The van der Waals surface area contributed by atoms with Gasteiger partial charge < -0.3 is 14.7 Å². The summed E-state index contributed by atoms with van der Waals surface area (Å²) in [4.78, 5) is 13.9. The Morgan fingerprint density at radius 3 is 2.65 bits per heavy atom. The molecule has 4 heteroatoms. The Morgan fingerprint density at radius 1 is 1.35 bits per heavy atom. The Labute approximate surface area is 103 Å². The molecule has 0 aromatic carbocycles. The summed E-state index contributed by atoms with van der Waals surface area (Å²) >= 11 is 0. The van der Waals surface area contributed by atoms with Gasteiger partial charge in [-0.15, -0.1) is 0 Å². The van der Waals surface area contributed by atoms with E-state index in [1.165, 1.54) is 6.42 Å². The maximum Gasteiger partial charge on any atom is 0.410 e. The van der Waals surface area contributed by atoms with E-state index < -0.39 is 5.60 Å². The van der Waals surface area contributed by atoms with E-state index in [9.17, 15) is 4.79 Å². The molecule has 0 bridgehead atoms. The van der Waals surface area contributed by atoms with Crippen LogP contribution in [0.3, 0.4) is 0 Å². The van der Waals surface area contributed by atoms with Crippen molar-refractivity contribution in [2.24, 2.45) is 11.8 Å². The number of ether oxygens (including phenoxy) is 1. The van der Waals surface area contributed by atoms with Gasteiger partial charge in [0.25, 0.3) is 0 Å². The monoisotopic (exact) mass is 241 g/mol.